The summed E-state index contributed by atoms with van der Waals surface area (Å²) >= 11 is 3.48. The number of nitrogens with one attached hydrogen (secondary N) is 1. The van der Waals surface area contributed by atoms with Gasteiger partial charge in [0.2, 0.25) is 11.8 Å². The number of fused-ring (bicyclic) bond motifs is 1. The Kier molecular flexibility index (Phi) is 3.88. The van der Waals surface area contributed by atoms with E-state index in [1.165, 1.54) is 4.90 Å². The van der Waals surface area contributed by atoms with E-state index in [1.807, 2.05) is 30.3 Å². The SMILES string of the molecule is O=C1CCC(=O)N1CCNc1ccc2cccc(Br)c2n1. The van der Waals surface area contributed by atoms with Gasteiger partial charge in [0.25, 0.3) is 0 Å². The molecule has 1 N–H and O–H groups in total. The molecular weight excluding hydrogens is 334 g/mol. The van der Waals surface area contributed by atoms with Crippen LogP contribution in [-0.2, 0) is 9.59 Å². The second-order valence-electron chi connectivity index (χ2n) is 4.87. The van der Waals surface area contributed by atoms with Crippen LogP contribution in [0.2, 0.25) is 0 Å². The van der Waals surface area contributed by atoms with Gasteiger partial charge in [-0.3, -0.25) is 14.5 Å². The van der Waals surface area contributed by atoms with Crippen molar-refractivity contribution in [2.24, 2.45) is 0 Å². The summed E-state index contributed by atoms with van der Waals surface area (Å²) in [6, 6.07) is 9.79. The van der Waals surface area contributed by atoms with Crippen molar-refractivity contribution in [3.63, 3.8) is 0 Å². The smallest absolute Gasteiger partial charge is 0.229 e. The number of rotatable bonds is 4. The van der Waals surface area contributed by atoms with Crippen LogP contribution < -0.4 is 5.32 Å². The molecule has 2 amide bonds. The van der Waals surface area contributed by atoms with E-state index < -0.39 is 0 Å². The Morgan fingerprint density at radius 2 is 1.90 bits per heavy atom. The Hall–Kier alpha value is -1.95. The molecule has 108 valence electrons. The lowest BCUT2D eigenvalue weighted by atomic mass is 10.2. The lowest BCUT2D eigenvalue weighted by molar-refractivity contribution is -0.138. The molecule has 0 saturated carbocycles. The summed E-state index contributed by atoms with van der Waals surface area (Å²) in [5, 5.41) is 4.21. The van der Waals surface area contributed by atoms with Crippen LogP contribution in [-0.4, -0.2) is 34.8 Å². The molecule has 2 heterocycles. The maximum absolute atomic E-state index is 11.5. The van der Waals surface area contributed by atoms with Gasteiger partial charge in [-0.25, -0.2) is 4.98 Å². The molecule has 0 bridgehead atoms. The summed E-state index contributed by atoms with van der Waals surface area (Å²) in [5.41, 5.74) is 0.885. The van der Waals surface area contributed by atoms with E-state index in [2.05, 4.69) is 26.2 Å². The predicted molar refractivity (Wildman–Crippen MR) is 83.9 cm³/mol. The molecule has 2 aromatic rings. The molecule has 3 rings (SSSR count). The number of pyridine rings is 1. The molecule has 1 aliphatic rings. The molecule has 1 aliphatic heterocycles. The second kappa shape index (κ2) is 5.81. The fourth-order valence-corrected chi connectivity index (χ4v) is 2.85. The Morgan fingerprint density at radius 1 is 1.14 bits per heavy atom. The molecule has 1 aromatic heterocycles. The highest BCUT2D eigenvalue weighted by molar-refractivity contribution is 9.10. The van der Waals surface area contributed by atoms with Gasteiger partial charge in [-0.15, -0.1) is 0 Å². The van der Waals surface area contributed by atoms with E-state index >= 15 is 0 Å². The predicted octanol–water partition coefficient (Wildman–Crippen LogP) is 2.56. The lowest BCUT2D eigenvalue weighted by Gasteiger charge is -2.14. The van der Waals surface area contributed by atoms with E-state index in [0.717, 1.165) is 21.2 Å². The van der Waals surface area contributed by atoms with Crippen LogP contribution in [0.4, 0.5) is 5.82 Å². The Balaban J connectivity index is 1.67. The minimum Gasteiger partial charge on any atom is -0.368 e. The third-order valence-electron chi connectivity index (χ3n) is 3.47. The average molecular weight is 348 g/mol. The number of hydrogen-bond acceptors (Lipinski definition) is 4. The fraction of sp³-hybridized carbons (Fsp3) is 0.267. The first-order valence-electron chi connectivity index (χ1n) is 6.77. The average Bonchev–Trinajstić information content (AvgIpc) is 2.80. The van der Waals surface area contributed by atoms with Crippen molar-refractivity contribution in [3.05, 3.63) is 34.8 Å². The standard InChI is InChI=1S/C15H14BrN3O2/c16-11-3-1-2-10-4-5-12(18-15(10)11)17-8-9-19-13(20)6-7-14(19)21/h1-5H,6-9H2,(H,17,18). The van der Waals surface area contributed by atoms with Gasteiger partial charge in [0.15, 0.2) is 0 Å². The van der Waals surface area contributed by atoms with E-state index in [9.17, 15) is 9.59 Å². The number of carbonyl (C=O) groups is 2. The van der Waals surface area contributed by atoms with Crippen LogP contribution in [0.5, 0.6) is 0 Å². The zero-order chi connectivity index (χ0) is 14.8. The van der Waals surface area contributed by atoms with Crippen LogP contribution in [0.1, 0.15) is 12.8 Å². The molecule has 1 fully saturated rings. The molecule has 1 aromatic carbocycles. The van der Waals surface area contributed by atoms with Crippen LogP contribution in [0.15, 0.2) is 34.8 Å². The Labute approximate surface area is 130 Å². The molecule has 0 unspecified atom stereocenters. The molecule has 6 heteroatoms. The molecular formula is C15H14BrN3O2. The molecule has 0 aliphatic carbocycles. The van der Waals surface area contributed by atoms with Crippen molar-refractivity contribution >= 4 is 44.5 Å². The number of amides is 2. The number of hydrogen-bond donors (Lipinski definition) is 1. The van der Waals surface area contributed by atoms with Crippen molar-refractivity contribution in [1.29, 1.82) is 0 Å². The second-order valence-corrected chi connectivity index (χ2v) is 5.73. The van der Waals surface area contributed by atoms with Crippen molar-refractivity contribution in [3.8, 4) is 0 Å². The third-order valence-corrected chi connectivity index (χ3v) is 4.11. The number of imide groups is 1. The molecule has 0 spiro atoms. The zero-order valence-electron chi connectivity index (χ0n) is 11.3. The van der Waals surface area contributed by atoms with Gasteiger partial charge in [0.1, 0.15) is 5.82 Å². The van der Waals surface area contributed by atoms with Gasteiger partial charge >= 0.3 is 0 Å². The normalized spacial score (nSPS) is 15.0. The third kappa shape index (κ3) is 2.90. The van der Waals surface area contributed by atoms with E-state index in [0.29, 0.717) is 25.9 Å². The lowest BCUT2D eigenvalue weighted by Crippen LogP contribution is -2.33. The van der Waals surface area contributed by atoms with Crippen molar-refractivity contribution < 1.29 is 9.59 Å². The molecule has 1 saturated heterocycles. The number of halogens is 1. The highest BCUT2D eigenvalue weighted by Crippen LogP contribution is 2.23. The summed E-state index contributed by atoms with van der Waals surface area (Å²) in [6.07, 6.45) is 0.667. The first kappa shape index (κ1) is 14.0. The molecule has 21 heavy (non-hydrogen) atoms. The molecule has 0 radical (unpaired) electrons. The number of para-hydroxylation sites is 1. The van der Waals surface area contributed by atoms with Gasteiger partial charge in [0, 0.05) is 35.8 Å². The Morgan fingerprint density at radius 3 is 2.67 bits per heavy atom. The van der Waals surface area contributed by atoms with Crippen molar-refractivity contribution in [2.75, 3.05) is 18.4 Å². The number of likely N-dealkylation sites (tertiary alicyclic amines) is 1. The van der Waals surface area contributed by atoms with Crippen LogP contribution in [0.25, 0.3) is 10.9 Å². The van der Waals surface area contributed by atoms with Gasteiger partial charge in [-0.05, 0) is 34.1 Å². The topological polar surface area (TPSA) is 62.3 Å². The van der Waals surface area contributed by atoms with E-state index in [4.69, 9.17) is 0 Å². The largest absolute Gasteiger partial charge is 0.368 e. The minimum atomic E-state index is -0.0870. The minimum absolute atomic E-state index is 0.0870. The highest BCUT2D eigenvalue weighted by Gasteiger charge is 2.27. The van der Waals surface area contributed by atoms with Crippen LogP contribution in [0.3, 0.4) is 0 Å². The van der Waals surface area contributed by atoms with Gasteiger partial charge in [0.05, 0.1) is 5.52 Å². The van der Waals surface area contributed by atoms with E-state index in [-0.39, 0.29) is 11.8 Å². The van der Waals surface area contributed by atoms with Crippen LogP contribution in [0, 0.1) is 0 Å². The maximum Gasteiger partial charge on any atom is 0.229 e. The summed E-state index contributed by atoms with van der Waals surface area (Å²) in [4.78, 5) is 28.8. The number of nitrogens with zero attached hydrogens (tertiary/aromatic N) is 2. The van der Waals surface area contributed by atoms with Crippen LogP contribution >= 0.6 is 15.9 Å². The number of benzene rings is 1. The first-order valence-corrected chi connectivity index (χ1v) is 7.57. The van der Waals surface area contributed by atoms with Crippen molar-refractivity contribution in [1.82, 2.24) is 9.88 Å². The molecule has 0 atom stereocenters. The summed E-state index contributed by atoms with van der Waals surface area (Å²) in [6.45, 7) is 0.883. The molecule has 5 nitrogen and oxygen atoms in total. The van der Waals surface area contributed by atoms with Crippen molar-refractivity contribution in [2.45, 2.75) is 12.8 Å². The summed E-state index contributed by atoms with van der Waals surface area (Å²) < 4.78 is 0.938. The van der Waals surface area contributed by atoms with Gasteiger partial charge < -0.3 is 5.32 Å². The number of aromatic nitrogens is 1. The van der Waals surface area contributed by atoms with Gasteiger partial charge in [-0.1, -0.05) is 12.1 Å². The zero-order valence-corrected chi connectivity index (χ0v) is 12.9. The maximum atomic E-state index is 11.5. The Bertz CT molecular complexity index is 701. The number of anilines is 1. The van der Waals surface area contributed by atoms with Gasteiger partial charge in [-0.2, -0.15) is 0 Å². The van der Waals surface area contributed by atoms with E-state index in [1.54, 1.807) is 0 Å². The summed E-state index contributed by atoms with van der Waals surface area (Å²) in [7, 11) is 0. The quantitative estimate of drug-likeness (QED) is 0.863. The summed E-state index contributed by atoms with van der Waals surface area (Å²) in [5.74, 6) is 0.556. The highest BCUT2D eigenvalue weighted by atomic mass is 79.9. The fourth-order valence-electron chi connectivity index (χ4n) is 2.38. The monoisotopic (exact) mass is 347 g/mol. The number of carbonyl (C=O) groups excluding carboxylic acids is 2. The first-order chi connectivity index (χ1) is 10.1.